The van der Waals surface area contributed by atoms with E-state index in [9.17, 15) is 0 Å². The Morgan fingerprint density at radius 1 is 1.53 bits per heavy atom. The van der Waals surface area contributed by atoms with Gasteiger partial charge in [-0.1, -0.05) is 12.1 Å². The maximum Gasteiger partial charge on any atom is 0.142 e. The van der Waals surface area contributed by atoms with Gasteiger partial charge < -0.3 is 15.0 Å². The third-order valence-corrected chi connectivity index (χ3v) is 2.94. The molecule has 1 heterocycles. The number of nitriles is 1. The van der Waals surface area contributed by atoms with Gasteiger partial charge in [0.25, 0.3) is 0 Å². The van der Waals surface area contributed by atoms with E-state index in [0.29, 0.717) is 6.54 Å². The average molecular weight is 231 g/mol. The van der Waals surface area contributed by atoms with Crippen molar-refractivity contribution in [2.45, 2.75) is 12.5 Å². The molecule has 1 aliphatic heterocycles. The number of fused-ring (bicyclic) bond motifs is 1. The quantitative estimate of drug-likeness (QED) is 0.854. The standard InChI is InChI=1S/C13H17N3O/c1-15-11(9-14)10-16-7-4-8-17-13-6-3-2-5-12(13)16/h2-3,5-6,11,15H,4,7-8,10H2,1H3. The summed E-state index contributed by atoms with van der Waals surface area (Å²) in [6, 6.07) is 10.1. The van der Waals surface area contributed by atoms with Crippen LogP contribution in [0.15, 0.2) is 24.3 Å². The maximum absolute atomic E-state index is 9.00. The molecule has 0 saturated carbocycles. The van der Waals surface area contributed by atoms with Crippen molar-refractivity contribution in [3.63, 3.8) is 0 Å². The van der Waals surface area contributed by atoms with Crippen LogP contribution >= 0.6 is 0 Å². The van der Waals surface area contributed by atoms with Crippen LogP contribution in [0.3, 0.4) is 0 Å². The highest BCUT2D eigenvalue weighted by molar-refractivity contribution is 5.59. The molecule has 1 atom stereocenters. The van der Waals surface area contributed by atoms with Crippen molar-refractivity contribution < 1.29 is 4.74 Å². The van der Waals surface area contributed by atoms with E-state index in [1.165, 1.54) is 0 Å². The van der Waals surface area contributed by atoms with Gasteiger partial charge in [0.1, 0.15) is 11.8 Å². The van der Waals surface area contributed by atoms with Gasteiger partial charge in [-0.05, 0) is 25.6 Å². The summed E-state index contributed by atoms with van der Waals surface area (Å²) in [4.78, 5) is 2.22. The SMILES string of the molecule is CNC(C#N)CN1CCCOc2ccccc21. The predicted molar refractivity (Wildman–Crippen MR) is 67.2 cm³/mol. The molecule has 0 saturated heterocycles. The molecule has 0 fully saturated rings. The number of rotatable bonds is 3. The number of ether oxygens (including phenoxy) is 1. The Hall–Kier alpha value is -1.73. The van der Waals surface area contributed by atoms with Crippen LogP contribution in [0.25, 0.3) is 0 Å². The molecule has 0 amide bonds. The molecule has 0 bridgehead atoms. The van der Waals surface area contributed by atoms with E-state index in [0.717, 1.165) is 31.0 Å². The lowest BCUT2D eigenvalue weighted by Crippen LogP contribution is -2.39. The summed E-state index contributed by atoms with van der Waals surface area (Å²) >= 11 is 0. The molecule has 0 radical (unpaired) electrons. The smallest absolute Gasteiger partial charge is 0.142 e. The number of hydrogen-bond acceptors (Lipinski definition) is 4. The van der Waals surface area contributed by atoms with Crippen LogP contribution in [0.5, 0.6) is 5.75 Å². The number of nitrogens with one attached hydrogen (secondary N) is 1. The zero-order valence-corrected chi connectivity index (χ0v) is 10.0. The Labute approximate surface area is 102 Å². The summed E-state index contributed by atoms with van der Waals surface area (Å²) in [6.07, 6.45) is 0.983. The van der Waals surface area contributed by atoms with Crippen molar-refractivity contribution in [2.24, 2.45) is 0 Å². The molecule has 0 aliphatic carbocycles. The fourth-order valence-corrected chi connectivity index (χ4v) is 2.01. The fraction of sp³-hybridized carbons (Fsp3) is 0.462. The van der Waals surface area contributed by atoms with Gasteiger partial charge in [0, 0.05) is 13.1 Å². The van der Waals surface area contributed by atoms with Gasteiger partial charge in [-0.25, -0.2) is 0 Å². The molecule has 90 valence electrons. The molecule has 17 heavy (non-hydrogen) atoms. The second-order valence-electron chi connectivity index (χ2n) is 4.09. The second kappa shape index (κ2) is 5.55. The van der Waals surface area contributed by atoms with Crippen molar-refractivity contribution >= 4 is 5.69 Å². The van der Waals surface area contributed by atoms with Crippen LogP contribution in [-0.2, 0) is 0 Å². The summed E-state index contributed by atoms with van der Waals surface area (Å²) in [7, 11) is 1.81. The Morgan fingerprint density at radius 3 is 3.12 bits per heavy atom. The van der Waals surface area contributed by atoms with Crippen LogP contribution in [0.4, 0.5) is 5.69 Å². The second-order valence-corrected chi connectivity index (χ2v) is 4.09. The molecule has 0 aromatic heterocycles. The van der Waals surface area contributed by atoms with Crippen molar-refractivity contribution in [1.29, 1.82) is 5.26 Å². The minimum atomic E-state index is -0.152. The Morgan fingerprint density at radius 2 is 2.35 bits per heavy atom. The third-order valence-electron chi connectivity index (χ3n) is 2.94. The molecule has 4 nitrogen and oxygen atoms in total. The number of hydrogen-bond donors (Lipinski definition) is 1. The lowest BCUT2D eigenvalue weighted by Gasteiger charge is -2.25. The summed E-state index contributed by atoms with van der Waals surface area (Å²) in [5, 5.41) is 12.0. The topological polar surface area (TPSA) is 48.3 Å². The van der Waals surface area contributed by atoms with Crippen LogP contribution < -0.4 is 15.0 Å². The van der Waals surface area contributed by atoms with Gasteiger partial charge >= 0.3 is 0 Å². The highest BCUT2D eigenvalue weighted by Gasteiger charge is 2.18. The molecule has 4 heteroatoms. The normalized spacial score (nSPS) is 16.4. The highest BCUT2D eigenvalue weighted by atomic mass is 16.5. The van der Waals surface area contributed by atoms with Crippen LogP contribution in [-0.4, -0.2) is 32.8 Å². The first-order valence-corrected chi connectivity index (χ1v) is 5.89. The molecule has 1 aliphatic rings. The Kier molecular flexibility index (Phi) is 3.84. The molecule has 0 spiro atoms. The number of para-hydroxylation sites is 2. The lowest BCUT2D eigenvalue weighted by atomic mass is 10.2. The number of nitrogens with zero attached hydrogens (tertiary/aromatic N) is 2. The van der Waals surface area contributed by atoms with Gasteiger partial charge in [-0.15, -0.1) is 0 Å². The number of likely N-dealkylation sites (N-methyl/N-ethyl adjacent to an activating group) is 1. The summed E-state index contributed by atoms with van der Waals surface area (Å²) in [5.41, 5.74) is 1.08. The molecule has 1 aromatic carbocycles. The van der Waals surface area contributed by atoms with Crippen LogP contribution in [0, 0.1) is 11.3 Å². The Bertz CT molecular complexity index is 413. The highest BCUT2D eigenvalue weighted by Crippen LogP contribution is 2.30. The van der Waals surface area contributed by atoms with Crippen molar-refractivity contribution in [3.05, 3.63) is 24.3 Å². The molecular weight excluding hydrogens is 214 g/mol. The molecule has 1 N–H and O–H groups in total. The summed E-state index contributed by atoms with van der Waals surface area (Å²) in [6.45, 7) is 2.36. The van der Waals surface area contributed by atoms with Crippen molar-refractivity contribution in [1.82, 2.24) is 5.32 Å². The molecule has 1 unspecified atom stereocenters. The van der Waals surface area contributed by atoms with E-state index >= 15 is 0 Å². The van der Waals surface area contributed by atoms with E-state index in [-0.39, 0.29) is 6.04 Å². The average Bonchev–Trinajstić information content (AvgIpc) is 2.58. The van der Waals surface area contributed by atoms with Gasteiger partial charge in [0.15, 0.2) is 0 Å². The first-order chi connectivity index (χ1) is 8.35. The summed E-state index contributed by atoms with van der Waals surface area (Å²) in [5.74, 6) is 0.915. The van der Waals surface area contributed by atoms with Gasteiger partial charge in [0.2, 0.25) is 0 Å². The minimum absolute atomic E-state index is 0.152. The number of anilines is 1. The maximum atomic E-state index is 9.00. The minimum Gasteiger partial charge on any atom is -0.491 e. The van der Waals surface area contributed by atoms with E-state index in [4.69, 9.17) is 10.00 Å². The zero-order valence-electron chi connectivity index (χ0n) is 10.0. The molecular formula is C13H17N3O. The van der Waals surface area contributed by atoms with Gasteiger partial charge in [0.05, 0.1) is 18.4 Å². The lowest BCUT2D eigenvalue weighted by molar-refractivity contribution is 0.322. The van der Waals surface area contributed by atoms with Gasteiger partial charge in [-0.3, -0.25) is 0 Å². The van der Waals surface area contributed by atoms with Crippen LogP contribution in [0.1, 0.15) is 6.42 Å². The van der Waals surface area contributed by atoms with E-state index in [2.05, 4.69) is 16.3 Å². The van der Waals surface area contributed by atoms with E-state index in [1.807, 2.05) is 31.3 Å². The zero-order chi connectivity index (χ0) is 12.1. The molecule has 1 aromatic rings. The molecule has 2 rings (SSSR count). The fourth-order valence-electron chi connectivity index (χ4n) is 2.01. The number of benzene rings is 1. The van der Waals surface area contributed by atoms with Gasteiger partial charge in [-0.2, -0.15) is 5.26 Å². The third kappa shape index (κ3) is 2.69. The summed E-state index contributed by atoms with van der Waals surface area (Å²) < 4.78 is 5.68. The van der Waals surface area contributed by atoms with Crippen LogP contribution in [0.2, 0.25) is 0 Å². The first-order valence-electron chi connectivity index (χ1n) is 5.89. The van der Waals surface area contributed by atoms with Crippen molar-refractivity contribution in [2.75, 3.05) is 31.6 Å². The monoisotopic (exact) mass is 231 g/mol. The Balaban J connectivity index is 2.20. The van der Waals surface area contributed by atoms with E-state index < -0.39 is 0 Å². The predicted octanol–water partition coefficient (Wildman–Crippen LogP) is 1.39. The first kappa shape index (κ1) is 11.7. The van der Waals surface area contributed by atoms with E-state index in [1.54, 1.807) is 0 Å². The largest absolute Gasteiger partial charge is 0.491 e. The van der Waals surface area contributed by atoms with Crippen molar-refractivity contribution in [3.8, 4) is 11.8 Å².